The van der Waals surface area contributed by atoms with E-state index in [2.05, 4.69) is 24.6 Å². The van der Waals surface area contributed by atoms with Crippen LogP contribution in [0.25, 0.3) is 22.2 Å². The summed E-state index contributed by atoms with van der Waals surface area (Å²) < 4.78 is 63.9. The Hall–Kier alpha value is -3.50. The van der Waals surface area contributed by atoms with Crippen molar-refractivity contribution >= 4 is 24.8 Å². The van der Waals surface area contributed by atoms with Gasteiger partial charge in [-0.3, -0.25) is 0 Å². The normalized spacial score (nSPS) is 11.9. The minimum absolute atomic E-state index is 0.0708. The van der Waals surface area contributed by atoms with Gasteiger partial charge in [0.1, 0.15) is 18.1 Å². The van der Waals surface area contributed by atoms with Crippen LogP contribution in [0.2, 0.25) is 25.7 Å². The lowest BCUT2D eigenvalue weighted by Crippen LogP contribution is -2.22. The summed E-state index contributed by atoms with van der Waals surface area (Å²) in [5.74, 6) is -2.91. The minimum Gasteiger partial charge on any atom is -0.488 e. The highest BCUT2D eigenvalue weighted by molar-refractivity contribution is 6.76. The number of aromatic nitrogens is 2. The number of nitrogen functional groups attached to an aromatic ring is 1. The second-order valence-electron chi connectivity index (χ2n) is 10.6. The van der Waals surface area contributed by atoms with E-state index in [0.717, 1.165) is 18.2 Å². The van der Waals surface area contributed by atoms with E-state index in [-0.39, 0.29) is 35.6 Å². The lowest BCUT2D eigenvalue weighted by Gasteiger charge is -2.15. The molecule has 2 aromatic carbocycles. The maximum absolute atomic E-state index is 15.7. The van der Waals surface area contributed by atoms with Gasteiger partial charge >= 0.3 is 0 Å². The molecule has 0 fully saturated rings. The molecule has 0 spiro atoms. The van der Waals surface area contributed by atoms with Crippen LogP contribution in [0.5, 0.6) is 17.2 Å². The summed E-state index contributed by atoms with van der Waals surface area (Å²) in [5.41, 5.74) is 6.54. The molecule has 2 aromatic heterocycles. The number of anilines is 1. The summed E-state index contributed by atoms with van der Waals surface area (Å²) in [6.45, 7) is 11.1. The maximum atomic E-state index is 15.7. The summed E-state index contributed by atoms with van der Waals surface area (Å²) in [6, 6.07) is 9.23. The quantitative estimate of drug-likeness (QED) is 0.127. The third-order valence-electron chi connectivity index (χ3n) is 5.79. The zero-order valence-electron chi connectivity index (χ0n) is 22.1. The Morgan fingerprint density at radius 2 is 1.71 bits per heavy atom. The second-order valence-corrected chi connectivity index (χ2v) is 16.2. The first-order valence-corrected chi connectivity index (χ1v) is 16.1. The van der Waals surface area contributed by atoms with E-state index in [9.17, 15) is 8.78 Å². The van der Waals surface area contributed by atoms with Crippen molar-refractivity contribution in [3.8, 4) is 28.4 Å². The lowest BCUT2D eigenvalue weighted by atomic mass is 10.0. The lowest BCUT2D eigenvalue weighted by molar-refractivity contribution is 0.0899. The number of nitrogens with two attached hydrogens (primary N) is 1. The average Bonchev–Trinajstić information content (AvgIpc) is 3.19. The van der Waals surface area contributed by atoms with Gasteiger partial charge in [-0.15, -0.1) is 0 Å². The van der Waals surface area contributed by atoms with Gasteiger partial charge in [-0.2, -0.15) is 0 Å². The van der Waals surface area contributed by atoms with Crippen LogP contribution in [-0.2, 0) is 11.5 Å². The second kappa shape index (κ2) is 11.1. The van der Waals surface area contributed by atoms with Crippen LogP contribution in [0, 0.1) is 17.5 Å². The molecule has 0 aliphatic heterocycles. The average molecular weight is 544 g/mol. The van der Waals surface area contributed by atoms with Crippen molar-refractivity contribution in [2.45, 2.75) is 52.4 Å². The van der Waals surface area contributed by atoms with Crippen molar-refractivity contribution in [2.24, 2.45) is 0 Å². The van der Waals surface area contributed by atoms with E-state index >= 15 is 4.39 Å². The largest absolute Gasteiger partial charge is 0.488 e. The number of nitrogens with zero attached hydrogens (tertiary/aromatic N) is 2. The molecule has 2 heterocycles. The van der Waals surface area contributed by atoms with Crippen molar-refractivity contribution in [1.82, 2.24) is 9.55 Å². The number of halogens is 3. The van der Waals surface area contributed by atoms with Crippen molar-refractivity contribution in [3.63, 3.8) is 0 Å². The molecule has 2 N–H and O–H groups in total. The summed E-state index contributed by atoms with van der Waals surface area (Å²) >= 11 is 0. The molecule has 0 saturated carbocycles. The topological polar surface area (TPSA) is 71.5 Å². The predicted molar refractivity (Wildman–Crippen MR) is 146 cm³/mol. The number of hydrogen-bond acceptors (Lipinski definition) is 5. The molecule has 10 heteroatoms. The zero-order chi connectivity index (χ0) is 27.6. The van der Waals surface area contributed by atoms with Gasteiger partial charge in [0.25, 0.3) is 0 Å². The Morgan fingerprint density at radius 1 is 1.00 bits per heavy atom. The zero-order valence-corrected chi connectivity index (χ0v) is 23.1. The van der Waals surface area contributed by atoms with Crippen LogP contribution in [0.3, 0.4) is 0 Å². The molecular weight excluding hydrogens is 511 g/mol. The van der Waals surface area contributed by atoms with E-state index in [1.165, 1.54) is 12.3 Å². The van der Waals surface area contributed by atoms with Gasteiger partial charge in [-0.1, -0.05) is 31.8 Å². The third kappa shape index (κ3) is 6.13. The van der Waals surface area contributed by atoms with Gasteiger partial charge in [0, 0.05) is 56.0 Å². The molecule has 6 nitrogen and oxygen atoms in total. The van der Waals surface area contributed by atoms with Crippen LogP contribution in [0.15, 0.2) is 48.8 Å². The Balaban J connectivity index is 1.84. The van der Waals surface area contributed by atoms with E-state index in [1.54, 1.807) is 42.8 Å². The molecule has 4 aromatic rings. The third-order valence-corrected chi connectivity index (χ3v) is 7.50. The molecule has 0 aliphatic rings. The number of hydrogen-bond donors (Lipinski definition) is 1. The fourth-order valence-corrected chi connectivity index (χ4v) is 4.72. The summed E-state index contributed by atoms with van der Waals surface area (Å²) in [6.07, 6.45) is 2.92. The van der Waals surface area contributed by atoms with Crippen molar-refractivity contribution < 1.29 is 27.4 Å². The predicted octanol–water partition coefficient (Wildman–Crippen LogP) is 7.59. The molecule has 0 radical (unpaired) electrons. The van der Waals surface area contributed by atoms with Gasteiger partial charge in [0.15, 0.2) is 29.0 Å². The smallest absolute Gasteiger partial charge is 0.198 e. The molecule has 4 rings (SSSR count). The number of ether oxygens (including phenoxy) is 3. The molecule has 0 saturated heterocycles. The fourth-order valence-electron chi connectivity index (χ4n) is 3.97. The van der Waals surface area contributed by atoms with E-state index in [1.807, 2.05) is 0 Å². The van der Waals surface area contributed by atoms with Gasteiger partial charge < -0.3 is 24.5 Å². The molecule has 0 aliphatic carbocycles. The highest BCUT2D eigenvalue weighted by Gasteiger charge is 2.23. The molecule has 0 unspecified atom stereocenters. The Morgan fingerprint density at radius 3 is 2.37 bits per heavy atom. The van der Waals surface area contributed by atoms with Crippen LogP contribution in [-0.4, -0.2) is 30.3 Å². The number of pyridine rings is 1. The monoisotopic (exact) mass is 543 g/mol. The maximum Gasteiger partial charge on any atom is 0.198 e. The Labute approximate surface area is 221 Å². The van der Waals surface area contributed by atoms with Gasteiger partial charge in [-0.05, 0) is 32.0 Å². The summed E-state index contributed by atoms with van der Waals surface area (Å²) in [4.78, 5) is 4.47. The summed E-state index contributed by atoms with van der Waals surface area (Å²) in [5, 5.41) is 0.373. The number of rotatable bonds is 10. The molecule has 202 valence electrons. The minimum atomic E-state index is -1.30. The SMILES string of the molecule is CC(C)Oc1cccc(-c2cn(COCC[Si](C)(C)C)c3nccc(Oc4c(F)cc(N)cc4F)c23)c1F. The van der Waals surface area contributed by atoms with Crippen molar-refractivity contribution in [2.75, 3.05) is 12.3 Å². The molecule has 38 heavy (non-hydrogen) atoms. The Bertz CT molecular complexity index is 1430. The van der Waals surface area contributed by atoms with Crippen LogP contribution >= 0.6 is 0 Å². The van der Waals surface area contributed by atoms with Gasteiger partial charge in [0.05, 0.1) is 11.5 Å². The van der Waals surface area contributed by atoms with Gasteiger partial charge in [0.2, 0.25) is 0 Å². The number of benzene rings is 2. The van der Waals surface area contributed by atoms with Crippen LogP contribution in [0.1, 0.15) is 13.8 Å². The first-order chi connectivity index (χ1) is 17.9. The molecule has 0 atom stereocenters. The number of fused-ring (bicyclic) bond motifs is 1. The van der Waals surface area contributed by atoms with Crippen molar-refractivity contribution in [1.29, 1.82) is 0 Å². The first-order valence-electron chi connectivity index (χ1n) is 12.4. The van der Waals surface area contributed by atoms with Crippen molar-refractivity contribution in [3.05, 3.63) is 66.2 Å². The molecule has 0 bridgehead atoms. The standard InChI is InChI=1S/C28H32F3N3O3Si/c1-17(2)36-24-8-6-7-19(26(24)31)20-15-34(16-35-11-12-38(3,4)5)28-25(20)23(9-10-33-28)37-27-21(29)13-18(32)14-22(27)30/h6-10,13-15,17H,11-12,16,32H2,1-5H3. The first kappa shape index (κ1) is 27.5. The van der Waals surface area contributed by atoms with Crippen LogP contribution in [0.4, 0.5) is 18.9 Å². The molecule has 0 amide bonds. The van der Waals surface area contributed by atoms with E-state index in [0.29, 0.717) is 23.2 Å². The fraction of sp³-hybridized carbons (Fsp3) is 0.321. The molecular formula is C28H32F3N3O3Si. The summed E-state index contributed by atoms with van der Waals surface area (Å²) in [7, 11) is -1.30. The van der Waals surface area contributed by atoms with Crippen LogP contribution < -0.4 is 15.2 Å². The van der Waals surface area contributed by atoms with Gasteiger partial charge in [-0.25, -0.2) is 18.2 Å². The van der Waals surface area contributed by atoms with E-state index in [4.69, 9.17) is 19.9 Å². The highest BCUT2D eigenvalue weighted by atomic mass is 28.3. The van der Waals surface area contributed by atoms with E-state index < -0.39 is 31.3 Å². The highest BCUT2D eigenvalue weighted by Crippen LogP contribution is 2.41. The Kier molecular flexibility index (Phi) is 8.03.